The average Bonchev–Trinajstić information content (AvgIpc) is 3.66. The number of hydrogen-bond acceptors (Lipinski definition) is 9. The van der Waals surface area contributed by atoms with E-state index in [1.54, 1.807) is 32.2 Å². The zero-order valence-corrected chi connectivity index (χ0v) is 21.0. The van der Waals surface area contributed by atoms with Gasteiger partial charge in [0.15, 0.2) is 0 Å². The lowest BCUT2D eigenvalue weighted by atomic mass is 10.2. The van der Waals surface area contributed by atoms with E-state index in [2.05, 4.69) is 14.7 Å². The van der Waals surface area contributed by atoms with Crippen LogP contribution in [0.15, 0.2) is 30.6 Å². The molecule has 1 aliphatic carbocycles. The van der Waals surface area contributed by atoms with Crippen LogP contribution in [0.2, 0.25) is 0 Å². The maximum atomic E-state index is 13.1. The molecular formula is C23H32N4O7S. The van der Waals surface area contributed by atoms with Crippen LogP contribution in [0.1, 0.15) is 37.6 Å². The summed E-state index contributed by atoms with van der Waals surface area (Å²) in [6.45, 7) is 4.71. The van der Waals surface area contributed by atoms with Crippen LogP contribution >= 0.6 is 0 Å². The summed E-state index contributed by atoms with van der Waals surface area (Å²) in [7, 11) is -2.88. The number of rotatable bonds is 14. The number of benzene rings is 1. The van der Waals surface area contributed by atoms with Gasteiger partial charge in [-0.2, -0.15) is 13.1 Å². The summed E-state index contributed by atoms with van der Waals surface area (Å²) < 4.78 is 49.0. The summed E-state index contributed by atoms with van der Waals surface area (Å²) in [5.41, 5.74) is 1.40. The summed E-state index contributed by atoms with van der Waals surface area (Å²) in [4.78, 5) is 22.5. The number of carbonyl (C=O) groups excluding carboxylic acids is 1. The zero-order chi connectivity index (χ0) is 25.3. The van der Waals surface area contributed by atoms with E-state index in [9.17, 15) is 13.2 Å². The first-order valence-electron chi connectivity index (χ1n) is 11.5. The highest BCUT2D eigenvalue weighted by molar-refractivity contribution is 7.85. The largest absolute Gasteiger partial charge is 0.491 e. The highest BCUT2D eigenvalue weighted by atomic mass is 32.2. The van der Waals surface area contributed by atoms with Gasteiger partial charge >= 0.3 is 16.4 Å². The van der Waals surface area contributed by atoms with Gasteiger partial charge in [-0.3, -0.25) is 14.9 Å². The molecule has 1 fully saturated rings. The third kappa shape index (κ3) is 8.34. The second kappa shape index (κ2) is 12.7. The number of amides is 1. The van der Waals surface area contributed by atoms with E-state index in [4.69, 9.17) is 18.4 Å². The minimum Gasteiger partial charge on any atom is -0.491 e. The van der Waals surface area contributed by atoms with Crippen molar-refractivity contribution >= 4 is 22.1 Å². The Labute approximate surface area is 206 Å². The van der Waals surface area contributed by atoms with Crippen LogP contribution in [0.25, 0.3) is 0 Å². The van der Waals surface area contributed by atoms with Gasteiger partial charge in [0.25, 0.3) is 0 Å². The van der Waals surface area contributed by atoms with Crippen molar-refractivity contribution in [2.45, 2.75) is 39.7 Å². The molecule has 1 aliphatic rings. The molecule has 0 atom stereocenters. The Balaban J connectivity index is 1.79. The third-order valence-corrected chi connectivity index (χ3v) is 5.92. The molecule has 0 aliphatic heterocycles. The summed E-state index contributed by atoms with van der Waals surface area (Å²) in [6, 6.07) is 5.16. The van der Waals surface area contributed by atoms with Crippen LogP contribution in [0.3, 0.4) is 0 Å². The van der Waals surface area contributed by atoms with Crippen LogP contribution in [0, 0.1) is 12.8 Å². The third-order valence-electron chi connectivity index (χ3n) is 5.06. The van der Waals surface area contributed by atoms with Crippen LogP contribution in [-0.2, 0) is 25.8 Å². The van der Waals surface area contributed by atoms with Gasteiger partial charge in [0.1, 0.15) is 23.8 Å². The molecule has 35 heavy (non-hydrogen) atoms. The summed E-state index contributed by atoms with van der Waals surface area (Å²) in [5, 5.41) is 0. The number of carbonyl (C=O) groups is 1. The number of nitrogens with zero attached hydrogens (tertiary/aromatic N) is 3. The lowest BCUT2D eigenvalue weighted by Gasteiger charge is -2.26. The van der Waals surface area contributed by atoms with Crippen molar-refractivity contribution in [2.24, 2.45) is 5.92 Å². The maximum absolute atomic E-state index is 13.1. The first-order chi connectivity index (χ1) is 16.8. The molecule has 12 heteroatoms. The molecular weight excluding hydrogens is 476 g/mol. The molecule has 0 unspecified atom stereocenters. The van der Waals surface area contributed by atoms with Crippen molar-refractivity contribution in [1.29, 1.82) is 0 Å². The van der Waals surface area contributed by atoms with Gasteiger partial charge in [0.2, 0.25) is 0 Å². The number of nitrogens with one attached hydrogen (secondary N) is 1. The molecule has 2 aromatic rings. The van der Waals surface area contributed by atoms with Gasteiger partial charge in [-0.1, -0.05) is 13.0 Å². The van der Waals surface area contributed by atoms with Crippen molar-refractivity contribution < 1.29 is 31.6 Å². The fourth-order valence-electron chi connectivity index (χ4n) is 3.09. The van der Waals surface area contributed by atoms with E-state index in [1.807, 2.05) is 6.92 Å². The fourth-order valence-corrected chi connectivity index (χ4v) is 3.75. The highest BCUT2D eigenvalue weighted by Crippen LogP contribution is 2.40. The smallest absolute Gasteiger partial charge is 0.431 e. The average molecular weight is 509 g/mol. The molecule has 0 saturated heterocycles. The van der Waals surface area contributed by atoms with Crippen LogP contribution in [-0.4, -0.2) is 58.0 Å². The fraction of sp³-hybridized carbons (Fsp3) is 0.522. The standard InChI is InChI=1S/C23H32N4O7S/c1-4-10-27(23(28)34-35(29,30)26-15-19-14-24-17(2)13-25-19)22-20(32-12-11-31-3)6-5-7-21(22)33-16-18-8-9-18/h5-7,13-14,18,26H,4,8-12,15-16H2,1-3H3. The molecule has 1 aromatic heterocycles. The molecule has 0 radical (unpaired) electrons. The van der Waals surface area contributed by atoms with E-state index in [1.165, 1.54) is 17.3 Å². The molecule has 0 bridgehead atoms. The normalized spacial score (nSPS) is 13.3. The monoisotopic (exact) mass is 508 g/mol. The molecule has 11 nitrogen and oxygen atoms in total. The number of hydrogen-bond donors (Lipinski definition) is 1. The van der Waals surface area contributed by atoms with Gasteiger partial charge in [-0.15, -0.1) is 0 Å². The Morgan fingerprint density at radius 2 is 1.89 bits per heavy atom. The Bertz CT molecular complexity index is 1080. The van der Waals surface area contributed by atoms with Gasteiger partial charge in [0.05, 0.1) is 37.3 Å². The van der Waals surface area contributed by atoms with Crippen molar-refractivity contribution in [3.05, 3.63) is 42.0 Å². The zero-order valence-electron chi connectivity index (χ0n) is 20.2. The summed E-state index contributed by atoms with van der Waals surface area (Å²) >= 11 is 0. The SMILES string of the molecule is CCCN(C(=O)OS(=O)(=O)NCc1cnc(C)cn1)c1c(OCCOC)cccc1OCC1CC1. The number of anilines is 1. The topological polar surface area (TPSA) is 129 Å². The first kappa shape index (κ1) is 26.6. The molecule has 1 aromatic carbocycles. The maximum Gasteiger partial charge on any atom is 0.431 e. The van der Waals surface area contributed by atoms with Gasteiger partial charge in [-0.05, 0) is 44.2 Å². The summed E-state index contributed by atoms with van der Waals surface area (Å²) in [5.74, 6) is 1.25. The van der Waals surface area contributed by atoms with Crippen molar-refractivity contribution in [2.75, 3.05) is 38.4 Å². The predicted octanol–water partition coefficient (Wildman–Crippen LogP) is 2.99. The molecule has 192 valence electrons. The van der Waals surface area contributed by atoms with Gasteiger partial charge in [-0.25, -0.2) is 4.79 Å². The molecule has 1 N–H and O–H groups in total. The molecule has 1 amide bonds. The molecule has 1 heterocycles. The van der Waals surface area contributed by atoms with Crippen LogP contribution < -0.4 is 19.1 Å². The van der Waals surface area contributed by atoms with Crippen molar-refractivity contribution in [1.82, 2.24) is 14.7 Å². The van der Waals surface area contributed by atoms with E-state index < -0.39 is 16.4 Å². The quantitative estimate of drug-likeness (QED) is 0.383. The number of para-hydroxylation sites is 1. The number of ether oxygens (including phenoxy) is 3. The van der Waals surface area contributed by atoms with Crippen LogP contribution in [0.5, 0.6) is 11.5 Å². The van der Waals surface area contributed by atoms with E-state index in [-0.39, 0.29) is 19.7 Å². The van der Waals surface area contributed by atoms with Gasteiger partial charge < -0.3 is 18.4 Å². The van der Waals surface area contributed by atoms with Gasteiger partial charge in [0, 0.05) is 19.9 Å². The van der Waals surface area contributed by atoms with Crippen molar-refractivity contribution in [3.8, 4) is 11.5 Å². The lowest BCUT2D eigenvalue weighted by molar-refractivity contribution is 0.146. The van der Waals surface area contributed by atoms with E-state index in [0.717, 1.165) is 12.8 Å². The second-order valence-corrected chi connectivity index (χ2v) is 9.49. The predicted molar refractivity (Wildman–Crippen MR) is 129 cm³/mol. The molecule has 3 rings (SSSR count). The highest BCUT2D eigenvalue weighted by Gasteiger charge is 2.30. The molecule has 0 spiro atoms. The second-order valence-electron chi connectivity index (χ2n) is 8.12. The minimum absolute atomic E-state index is 0.177. The Kier molecular flexibility index (Phi) is 9.64. The van der Waals surface area contributed by atoms with E-state index in [0.29, 0.717) is 54.1 Å². The van der Waals surface area contributed by atoms with Crippen LogP contribution in [0.4, 0.5) is 10.5 Å². The molecule has 1 saturated carbocycles. The first-order valence-corrected chi connectivity index (χ1v) is 12.9. The minimum atomic E-state index is -4.43. The number of aromatic nitrogens is 2. The summed E-state index contributed by atoms with van der Waals surface area (Å²) in [6.07, 6.45) is 4.61. The Morgan fingerprint density at radius 3 is 2.51 bits per heavy atom. The Hall–Kier alpha value is -2.96. The number of aryl methyl sites for hydroxylation is 1. The lowest BCUT2D eigenvalue weighted by Crippen LogP contribution is -2.38. The Morgan fingerprint density at radius 1 is 1.14 bits per heavy atom. The van der Waals surface area contributed by atoms with E-state index >= 15 is 0 Å². The van der Waals surface area contributed by atoms with Crippen molar-refractivity contribution in [3.63, 3.8) is 0 Å². The number of methoxy groups -OCH3 is 1.